The van der Waals surface area contributed by atoms with E-state index in [-0.39, 0.29) is 0 Å². The molecule has 2 unspecified atom stereocenters. The molecule has 0 bridgehead atoms. The molecule has 0 aliphatic rings. The molecule has 0 saturated heterocycles. The zero-order valence-corrected chi connectivity index (χ0v) is 11.3. The molecular weight excluding hydrogens is 277 g/mol. The van der Waals surface area contributed by atoms with Gasteiger partial charge in [0.2, 0.25) is 0 Å². The topological polar surface area (TPSA) is 52.0 Å². The number of hydrogen-bond donors (Lipinski definition) is 2. The van der Waals surface area contributed by atoms with Crippen LogP contribution in [0, 0.1) is 5.92 Å². The van der Waals surface area contributed by atoms with E-state index in [1.54, 1.807) is 60.7 Å². The van der Waals surface area contributed by atoms with E-state index in [0.29, 0.717) is 11.1 Å². The van der Waals surface area contributed by atoms with Crippen LogP contribution in [0.1, 0.15) is 23.2 Å². The van der Waals surface area contributed by atoms with Crippen molar-refractivity contribution in [3.8, 4) is 0 Å². The molecule has 2 aromatic rings. The van der Waals surface area contributed by atoms with Crippen LogP contribution in [-0.2, 0) is 0 Å². The summed E-state index contributed by atoms with van der Waals surface area (Å²) in [7, 11) is 0. The normalized spacial score (nSPS) is 16.2. The number of hydrogen-bond acceptors (Lipinski definition) is 2. The van der Waals surface area contributed by atoms with Gasteiger partial charge < -0.3 is 11.5 Å². The van der Waals surface area contributed by atoms with Crippen molar-refractivity contribution in [1.29, 1.82) is 0 Å². The van der Waals surface area contributed by atoms with E-state index in [9.17, 15) is 13.2 Å². The molecule has 21 heavy (non-hydrogen) atoms. The highest BCUT2D eigenvalue weighted by Gasteiger charge is 2.47. The number of alkyl halides is 3. The molecule has 0 spiro atoms. The molecule has 0 aliphatic carbocycles. The molecule has 0 amide bonds. The second kappa shape index (κ2) is 6.28. The minimum absolute atomic E-state index is 0.422. The fourth-order valence-corrected chi connectivity index (χ4v) is 2.40. The van der Waals surface area contributed by atoms with Gasteiger partial charge in [0.05, 0.1) is 5.92 Å². The molecule has 0 heterocycles. The lowest BCUT2D eigenvalue weighted by Gasteiger charge is -2.31. The molecule has 0 aliphatic heterocycles. The molecule has 112 valence electrons. The summed E-state index contributed by atoms with van der Waals surface area (Å²) >= 11 is 0. The van der Waals surface area contributed by atoms with Gasteiger partial charge in [-0.1, -0.05) is 60.7 Å². The SMILES string of the molecule is NC(c1ccccc1)C(C(N)c1ccccc1)C(F)(F)F. The number of rotatable bonds is 4. The van der Waals surface area contributed by atoms with Crippen LogP contribution in [0.15, 0.2) is 60.7 Å². The first kappa shape index (κ1) is 15.5. The Hall–Kier alpha value is -1.85. The summed E-state index contributed by atoms with van der Waals surface area (Å²) in [5.41, 5.74) is 12.6. The van der Waals surface area contributed by atoms with Gasteiger partial charge in [0.15, 0.2) is 0 Å². The van der Waals surface area contributed by atoms with E-state index in [0.717, 1.165) is 0 Å². The summed E-state index contributed by atoms with van der Waals surface area (Å²) < 4.78 is 40.3. The van der Waals surface area contributed by atoms with E-state index >= 15 is 0 Å². The Morgan fingerprint density at radius 3 is 1.29 bits per heavy atom. The van der Waals surface area contributed by atoms with Gasteiger partial charge in [0, 0.05) is 12.1 Å². The third-order valence-corrected chi connectivity index (χ3v) is 3.52. The van der Waals surface area contributed by atoms with Gasteiger partial charge in [-0.15, -0.1) is 0 Å². The van der Waals surface area contributed by atoms with Crippen molar-refractivity contribution in [3.63, 3.8) is 0 Å². The second-order valence-corrected chi connectivity index (χ2v) is 4.94. The Kier molecular flexibility index (Phi) is 4.65. The molecule has 0 aromatic heterocycles. The van der Waals surface area contributed by atoms with E-state index < -0.39 is 24.2 Å². The first-order valence-electron chi connectivity index (χ1n) is 6.59. The smallest absolute Gasteiger partial charge is 0.323 e. The summed E-state index contributed by atoms with van der Waals surface area (Å²) in [5.74, 6) is -1.85. The zero-order valence-electron chi connectivity index (χ0n) is 11.3. The standard InChI is InChI=1S/C16H17F3N2/c17-16(18,19)13(14(20)11-7-3-1-4-8-11)15(21)12-9-5-2-6-10-12/h1-10,13-15H,20-21H2. The van der Waals surface area contributed by atoms with Crippen molar-refractivity contribution in [3.05, 3.63) is 71.8 Å². The number of benzene rings is 2. The Bertz CT molecular complexity index is 509. The number of nitrogens with two attached hydrogens (primary N) is 2. The zero-order chi connectivity index (χ0) is 15.5. The van der Waals surface area contributed by atoms with E-state index in [1.165, 1.54) is 0 Å². The maximum Gasteiger partial charge on any atom is 0.395 e. The lowest BCUT2D eigenvalue weighted by atomic mass is 9.84. The molecule has 0 saturated carbocycles. The van der Waals surface area contributed by atoms with E-state index in [2.05, 4.69) is 0 Å². The molecule has 0 radical (unpaired) electrons. The minimum atomic E-state index is -4.48. The maximum absolute atomic E-state index is 13.4. The van der Waals surface area contributed by atoms with Gasteiger partial charge in [-0.05, 0) is 11.1 Å². The molecule has 5 heteroatoms. The quantitative estimate of drug-likeness (QED) is 0.905. The van der Waals surface area contributed by atoms with Crippen molar-refractivity contribution >= 4 is 0 Å². The predicted molar refractivity (Wildman–Crippen MR) is 76.3 cm³/mol. The number of halogens is 3. The van der Waals surface area contributed by atoms with Crippen LogP contribution >= 0.6 is 0 Å². The Labute approximate surface area is 121 Å². The van der Waals surface area contributed by atoms with Crippen LogP contribution in [0.5, 0.6) is 0 Å². The van der Waals surface area contributed by atoms with Crippen LogP contribution in [0.2, 0.25) is 0 Å². The molecule has 2 aromatic carbocycles. The van der Waals surface area contributed by atoms with Gasteiger partial charge in [0.25, 0.3) is 0 Å². The Morgan fingerprint density at radius 1 is 0.667 bits per heavy atom. The minimum Gasteiger partial charge on any atom is -0.323 e. The van der Waals surface area contributed by atoms with Crippen molar-refractivity contribution in [2.24, 2.45) is 17.4 Å². The lowest BCUT2D eigenvalue weighted by molar-refractivity contribution is -0.187. The maximum atomic E-state index is 13.4. The van der Waals surface area contributed by atoms with Crippen LogP contribution in [-0.4, -0.2) is 6.18 Å². The van der Waals surface area contributed by atoms with Gasteiger partial charge in [-0.3, -0.25) is 0 Å². The van der Waals surface area contributed by atoms with E-state index in [1.807, 2.05) is 0 Å². The van der Waals surface area contributed by atoms with Gasteiger partial charge in [0.1, 0.15) is 0 Å². The van der Waals surface area contributed by atoms with Crippen molar-refractivity contribution in [1.82, 2.24) is 0 Å². The first-order chi connectivity index (χ1) is 9.91. The summed E-state index contributed by atoms with van der Waals surface area (Å²) in [4.78, 5) is 0. The summed E-state index contributed by atoms with van der Waals surface area (Å²) in [6.45, 7) is 0. The molecule has 2 atom stereocenters. The van der Waals surface area contributed by atoms with Crippen LogP contribution in [0.4, 0.5) is 13.2 Å². The van der Waals surface area contributed by atoms with Gasteiger partial charge >= 0.3 is 6.18 Å². The highest BCUT2D eigenvalue weighted by atomic mass is 19.4. The summed E-state index contributed by atoms with van der Waals surface area (Å²) in [5, 5.41) is 0. The van der Waals surface area contributed by atoms with Crippen molar-refractivity contribution in [2.75, 3.05) is 0 Å². The molecule has 2 rings (SSSR count). The molecule has 4 N–H and O–H groups in total. The van der Waals surface area contributed by atoms with Gasteiger partial charge in [-0.2, -0.15) is 13.2 Å². The Morgan fingerprint density at radius 2 is 1.00 bits per heavy atom. The molecule has 0 fully saturated rings. The highest BCUT2D eigenvalue weighted by Crippen LogP contribution is 2.41. The Balaban J connectivity index is 2.36. The van der Waals surface area contributed by atoms with Crippen molar-refractivity contribution in [2.45, 2.75) is 18.3 Å². The van der Waals surface area contributed by atoms with Gasteiger partial charge in [-0.25, -0.2) is 0 Å². The molecular formula is C16H17F3N2. The van der Waals surface area contributed by atoms with Crippen LogP contribution in [0.3, 0.4) is 0 Å². The molecule has 2 nitrogen and oxygen atoms in total. The average molecular weight is 294 g/mol. The van der Waals surface area contributed by atoms with Crippen molar-refractivity contribution < 1.29 is 13.2 Å². The third kappa shape index (κ3) is 3.62. The monoisotopic (exact) mass is 294 g/mol. The highest BCUT2D eigenvalue weighted by molar-refractivity contribution is 5.24. The lowest BCUT2D eigenvalue weighted by Crippen LogP contribution is -2.41. The van der Waals surface area contributed by atoms with E-state index in [4.69, 9.17) is 11.5 Å². The van der Waals surface area contributed by atoms with Crippen LogP contribution < -0.4 is 11.5 Å². The van der Waals surface area contributed by atoms with Crippen LogP contribution in [0.25, 0.3) is 0 Å². The second-order valence-electron chi connectivity index (χ2n) is 4.94. The summed E-state index contributed by atoms with van der Waals surface area (Å²) in [6, 6.07) is 14.0. The first-order valence-corrected chi connectivity index (χ1v) is 6.59. The predicted octanol–water partition coefficient (Wildman–Crippen LogP) is 3.56. The summed E-state index contributed by atoms with van der Waals surface area (Å²) in [6.07, 6.45) is -4.48. The largest absolute Gasteiger partial charge is 0.395 e. The average Bonchev–Trinajstić information content (AvgIpc) is 2.47. The fraction of sp³-hybridized carbons (Fsp3) is 0.250. The third-order valence-electron chi connectivity index (χ3n) is 3.52. The fourth-order valence-electron chi connectivity index (χ4n) is 2.40.